The zero-order chi connectivity index (χ0) is 17.1. The third kappa shape index (κ3) is 3.37. The van der Waals surface area contributed by atoms with E-state index in [9.17, 15) is 0 Å². The van der Waals surface area contributed by atoms with Gasteiger partial charge in [-0.05, 0) is 42.8 Å². The number of aryl methyl sites for hydroxylation is 1. The van der Waals surface area contributed by atoms with Crippen molar-refractivity contribution in [2.75, 3.05) is 5.32 Å². The Morgan fingerprint density at radius 1 is 1.00 bits per heavy atom. The Bertz CT molecular complexity index is 1040. The molecule has 0 aliphatic heterocycles. The van der Waals surface area contributed by atoms with Gasteiger partial charge in [-0.3, -0.25) is 4.98 Å². The first-order valence-electron chi connectivity index (χ1n) is 7.91. The van der Waals surface area contributed by atoms with Gasteiger partial charge in [0.25, 0.3) is 5.78 Å². The van der Waals surface area contributed by atoms with Crippen molar-refractivity contribution in [2.45, 2.75) is 6.92 Å². The molecule has 0 saturated heterocycles. The summed E-state index contributed by atoms with van der Waals surface area (Å²) in [4.78, 5) is 12.8. The summed E-state index contributed by atoms with van der Waals surface area (Å²) in [5.41, 5.74) is 3.85. The lowest BCUT2D eigenvalue weighted by Gasteiger charge is -2.09. The van der Waals surface area contributed by atoms with Crippen molar-refractivity contribution >= 4 is 29.4 Å². The second-order valence-corrected chi connectivity index (χ2v) is 5.59. The fraction of sp³-hybridized carbons (Fsp3) is 0.0526. The molecule has 25 heavy (non-hydrogen) atoms. The summed E-state index contributed by atoms with van der Waals surface area (Å²) in [7, 11) is 0. The smallest absolute Gasteiger partial charge is 0.254 e. The van der Waals surface area contributed by atoms with E-state index in [0.29, 0.717) is 5.78 Å². The number of aromatic nitrogens is 5. The molecule has 0 spiro atoms. The van der Waals surface area contributed by atoms with Crippen LogP contribution in [-0.4, -0.2) is 24.6 Å². The highest BCUT2D eigenvalue weighted by atomic mass is 15.3. The van der Waals surface area contributed by atoms with Crippen LogP contribution in [0.2, 0.25) is 0 Å². The average Bonchev–Trinajstić information content (AvgIpc) is 3.10. The quantitative estimate of drug-likeness (QED) is 0.618. The van der Waals surface area contributed by atoms with E-state index in [1.807, 2.05) is 61.5 Å². The second-order valence-electron chi connectivity index (χ2n) is 5.59. The molecular formula is C19H16N6. The van der Waals surface area contributed by atoms with Crippen LogP contribution < -0.4 is 5.32 Å². The van der Waals surface area contributed by atoms with E-state index in [1.165, 1.54) is 6.33 Å². The molecule has 4 aromatic rings. The molecule has 0 fully saturated rings. The number of fused-ring (bicyclic) bond motifs is 1. The van der Waals surface area contributed by atoms with Gasteiger partial charge in [-0.15, -0.1) is 0 Å². The topological polar surface area (TPSA) is 68.0 Å². The highest BCUT2D eigenvalue weighted by Crippen LogP contribution is 2.19. The van der Waals surface area contributed by atoms with Crippen molar-refractivity contribution in [3.05, 3.63) is 78.0 Å². The molecule has 0 atom stereocenters. The molecule has 6 nitrogen and oxygen atoms in total. The van der Waals surface area contributed by atoms with Crippen LogP contribution in [0.3, 0.4) is 0 Å². The zero-order valence-corrected chi connectivity index (χ0v) is 13.7. The van der Waals surface area contributed by atoms with Crippen LogP contribution in [0.5, 0.6) is 0 Å². The molecule has 0 amide bonds. The number of nitrogens with one attached hydrogen (secondary N) is 1. The van der Waals surface area contributed by atoms with E-state index in [-0.39, 0.29) is 0 Å². The van der Waals surface area contributed by atoms with Crippen molar-refractivity contribution in [3.63, 3.8) is 0 Å². The summed E-state index contributed by atoms with van der Waals surface area (Å²) >= 11 is 0. The van der Waals surface area contributed by atoms with Gasteiger partial charge in [-0.1, -0.05) is 24.3 Å². The lowest BCUT2D eigenvalue weighted by Crippen LogP contribution is -2.02. The second kappa shape index (κ2) is 6.52. The van der Waals surface area contributed by atoms with E-state index in [1.54, 1.807) is 10.7 Å². The number of pyridine rings is 1. The van der Waals surface area contributed by atoms with Crippen LogP contribution in [-0.2, 0) is 0 Å². The molecule has 0 saturated carbocycles. The van der Waals surface area contributed by atoms with E-state index in [0.717, 1.165) is 28.5 Å². The van der Waals surface area contributed by atoms with Crippen molar-refractivity contribution in [2.24, 2.45) is 0 Å². The predicted molar refractivity (Wildman–Crippen MR) is 98.4 cm³/mol. The van der Waals surface area contributed by atoms with Gasteiger partial charge in [0, 0.05) is 23.6 Å². The maximum atomic E-state index is 4.35. The molecule has 3 heterocycles. The van der Waals surface area contributed by atoms with Crippen LogP contribution in [0.25, 0.3) is 17.9 Å². The number of rotatable bonds is 4. The standard InChI is InChI=1S/C19H16N6/c1-14-11-18(25-19(23-14)21-13-22-25)24-17-7-4-5-15(12-17)8-9-16-6-2-3-10-20-16/h2-13,24H,1H3/b9-8+. The van der Waals surface area contributed by atoms with Gasteiger partial charge in [-0.25, -0.2) is 4.98 Å². The number of nitrogens with zero attached hydrogens (tertiary/aromatic N) is 5. The van der Waals surface area contributed by atoms with Gasteiger partial charge in [0.2, 0.25) is 0 Å². The van der Waals surface area contributed by atoms with E-state index in [2.05, 4.69) is 31.4 Å². The first-order valence-corrected chi connectivity index (χ1v) is 7.91. The fourth-order valence-electron chi connectivity index (χ4n) is 2.54. The summed E-state index contributed by atoms with van der Waals surface area (Å²) in [6.07, 6.45) is 7.31. The lowest BCUT2D eigenvalue weighted by atomic mass is 10.1. The molecule has 1 N–H and O–H groups in total. The predicted octanol–water partition coefficient (Wildman–Crippen LogP) is 3.74. The first kappa shape index (κ1) is 15.0. The van der Waals surface area contributed by atoms with Gasteiger partial charge in [0.1, 0.15) is 12.1 Å². The Labute approximate surface area is 144 Å². The molecule has 0 unspecified atom stereocenters. The highest BCUT2D eigenvalue weighted by Gasteiger charge is 2.05. The molecule has 122 valence electrons. The third-order valence-electron chi connectivity index (χ3n) is 3.67. The molecule has 0 bridgehead atoms. The highest BCUT2D eigenvalue weighted by molar-refractivity contribution is 5.71. The summed E-state index contributed by atoms with van der Waals surface area (Å²) in [6.45, 7) is 1.94. The molecule has 0 aliphatic rings. The normalized spacial score (nSPS) is 11.2. The molecule has 0 radical (unpaired) electrons. The largest absolute Gasteiger partial charge is 0.340 e. The number of hydrogen-bond donors (Lipinski definition) is 1. The molecule has 6 heteroatoms. The maximum Gasteiger partial charge on any atom is 0.254 e. The average molecular weight is 328 g/mol. The summed E-state index contributed by atoms with van der Waals surface area (Å²) in [5, 5.41) is 7.60. The van der Waals surface area contributed by atoms with Crippen LogP contribution in [0.1, 0.15) is 17.0 Å². The summed E-state index contributed by atoms with van der Waals surface area (Å²) in [5.74, 6) is 1.40. The van der Waals surface area contributed by atoms with Crippen molar-refractivity contribution < 1.29 is 0 Å². The summed E-state index contributed by atoms with van der Waals surface area (Å²) < 4.78 is 1.68. The van der Waals surface area contributed by atoms with Crippen LogP contribution >= 0.6 is 0 Å². The lowest BCUT2D eigenvalue weighted by molar-refractivity contribution is 0.937. The molecule has 3 aromatic heterocycles. The van der Waals surface area contributed by atoms with Gasteiger partial charge in [-0.2, -0.15) is 14.6 Å². The van der Waals surface area contributed by atoms with Gasteiger partial charge < -0.3 is 5.32 Å². The number of anilines is 2. The van der Waals surface area contributed by atoms with Gasteiger partial charge in [0.15, 0.2) is 0 Å². The van der Waals surface area contributed by atoms with Crippen molar-refractivity contribution in [3.8, 4) is 0 Å². The maximum absolute atomic E-state index is 4.35. The van der Waals surface area contributed by atoms with Crippen molar-refractivity contribution in [1.82, 2.24) is 24.6 Å². The van der Waals surface area contributed by atoms with Crippen LogP contribution in [0.15, 0.2) is 61.1 Å². The van der Waals surface area contributed by atoms with E-state index >= 15 is 0 Å². The first-order chi connectivity index (χ1) is 12.3. The van der Waals surface area contributed by atoms with E-state index < -0.39 is 0 Å². The van der Waals surface area contributed by atoms with Gasteiger partial charge in [0.05, 0.1) is 5.69 Å². The Hall–Kier alpha value is -3.54. The van der Waals surface area contributed by atoms with Crippen LogP contribution in [0, 0.1) is 6.92 Å². The zero-order valence-electron chi connectivity index (χ0n) is 13.7. The molecule has 1 aromatic carbocycles. The minimum absolute atomic E-state index is 0.578. The Morgan fingerprint density at radius 3 is 2.84 bits per heavy atom. The SMILES string of the molecule is Cc1cc(Nc2cccc(/C=C/c3ccccn3)c2)n2ncnc2n1. The van der Waals surface area contributed by atoms with E-state index in [4.69, 9.17) is 0 Å². The fourth-order valence-corrected chi connectivity index (χ4v) is 2.54. The number of benzene rings is 1. The monoisotopic (exact) mass is 328 g/mol. The van der Waals surface area contributed by atoms with Crippen molar-refractivity contribution in [1.29, 1.82) is 0 Å². The molecule has 0 aliphatic carbocycles. The molecular weight excluding hydrogens is 312 g/mol. The minimum atomic E-state index is 0.578. The minimum Gasteiger partial charge on any atom is -0.340 e. The third-order valence-corrected chi connectivity index (χ3v) is 3.67. The Kier molecular flexibility index (Phi) is 3.92. The molecule has 4 rings (SSSR count). The Balaban J connectivity index is 1.61. The number of hydrogen-bond acceptors (Lipinski definition) is 5. The summed E-state index contributed by atoms with van der Waals surface area (Å²) in [6, 6.07) is 15.9. The Morgan fingerprint density at radius 2 is 1.96 bits per heavy atom. The van der Waals surface area contributed by atoms with Gasteiger partial charge >= 0.3 is 0 Å². The van der Waals surface area contributed by atoms with Crippen LogP contribution in [0.4, 0.5) is 11.5 Å².